The zero-order valence-electron chi connectivity index (χ0n) is 11.8. The number of nitrogens with zero attached hydrogens (tertiary/aromatic N) is 1. The summed E-state index contributed by atoms with van der Waals surface area (Å²) >= 11 is 1.44. The molecule has 2 N–H and O–H groups in total. The first-order chi connectivity index (χ1) is 9.64. The number of aryl methyl sites for hydroxylation is 1. The lowest BCUT2D eigenvalue weighted by atomic mass is 10.2. The van der Waals surface area contributed by atoms with Crippen LogP contribution in [-0.2, 0) is 19.9 Å². The van der Waals surface area contributed by atoms with Crippen LogP contribution in [0, 0.1) is 6.92 Å². The van der Waals surface area contributed by atoms with E-state index in [0.29, 0.717) is 5.75 Å². The summed E-state index contributed by atoms with van der Waals surface area (Å²) in [4.78, 5) is -0.0337. The van der Waals surface area contributed by atoms with Gasteiger partial charge in [0.25, 0.3) is 0 Å². The van der Waals surface area contributed by atoms with E-state index in [9.17, 15) is 16.8 Å². The van der Waals surface area contributed by atoms with Crippen LogP contribution in [0.2, 0.25) is 0 Å². The molecule has 2 rings (SSSR count). The molecule has 0 radical (unpaired) electrons. The van der Waals surface area contributed by atoms with Crippen LogP contribution in [0.3, 0.4) is 0 Å². The van der Waals surface area contributed by atoms with Gasteiger partial charge in [0.2, 0.25) is 10.0 Å². The second-order valence-electron chi connectivity index (χ2n) is 5.02. The molecule has 118 valence electrons. The molecule has 1 saturated heterocycles. The summed E-state index contributed by atoms with van der Waals surface area (Å²) in [5.41, 5.74) is 6.80. The number of hydrogen-bond donors (Lipinski definition) is 1. The standard InChI is InChI=1S/C12H18N2O4S3/c1-9-3-4-11(10(13)7-9)21(17,18)14-5-6-19-8-12(14)20(2,15)16/h3-4,7,12H,5-6,8,13H2,1-2H3. The van der Waals surface area contributed by atoms with Crippen LogP contribution in [0.1, 0.15) is 5.56 Å². The molecule has 0 amide bonds. The van der Waals surface area contributed by atoms with Gasteiger partial charge in [-0.15, -0.1) is 0 Å². The summed E-state index contributed by atoms with van der Waals surface area (Å²) in [5.74, 6) is 0.806. The fraction of sp³-hybridized carbons (Fsp3) is 0.500. The largest absolute Gasteiger partial charge is 0.398 e. The molecule has 0 bridgehead atoms. The highest BCUT2D eigenvalue weighted by molar-refractivity contribution is 8.01. The average Bonchev–Trinajstić information content (AvgIpc) is 2.37. The Morgan fingerprint density at radius 3 is 2.52 bits per heavy atom. The van der Waals surface area contributed by atoms with E-state index in [1.54, 1.807) is 12.1 Å². The summed E-state index contributed by atoms with van der Waals surface area (Å²) in [6.07, 6.45) is 1.06. The van der Waals surface area contributed by atoms with Crippen molar-refractivity contribution in [3.05, 3.63) is 23.8 Å². The van der Waals surface area contributed by atoms with Gasteiger partial charge in [-0.1, -0.05) is 6.07 Å². The van der Waals surface area contributed by atoms with Crippen molar-refractivity contribution in [2.24, 2.45) is 0 Å². The first kappa shape index (κ1) is 16.6. The first-order valence-corrected chi connectivity index (χ1v) is 10.8. The molecule has 1 aromatic carbocycles. The summed E-state index contributed by atoms with van der Waals surface area (Å²) in [7, 11) is -7.43. The molecule has 1 unspecified atom stereocenters. The number of benzene rings is 1. The molecular weight excluding hydrogens is 332 g/mol. The molecule has 1 aliphatic heterocycles. The molecule has 0 saturated carbocycles. The number of sulfone groups is 1. The highest BCUT2D eigenvalue weighted by Crippen LogP contribution is 2.30. The van der Waals surface area contributed by atoms with Gasteiger partial charge in [-0.25, -0.2) is 16.8 Å². The van der Waals surface area contributed by atoms with E-state index in [1.165, 1.54) is 17.8 Å². The van der Waals surface area contributed by atoms with Crippen LogP contribution in [-0.4, -0.2) is 50.8 Å². The van der Waals surface area contributed by atoms with Crippen LogP contribution in [0.4, 0.5) is 5.69 Å². The summed E-state index contributed by atoms with van der Waals surface area (Å²) in [6, 6.07) is 4.65. The van der Waals surface area contributed by atoms with Crippen LogP contribution >= 0.6 is 11.8 Å². The Hall–Kier alpha value is -0.770. The number of anilines is 1. The Bertz CT molecular complexity index is 744. The molecule has 1 aliphatic rings. The van der Waals surface area contributed by atoms with Crippen molar-refractivity contribution in [2.45, 2.75) is 17.2 Å². The predicted molar refractivity (Wildman–Crippen MR) is 85.4 cm³/mol. The Morgan fingerprint density at radius 2 is 1.95 bits per heavy atom. The Labute approximate surface area is 129 Å². The molecule has 1 heterocycles. The Kier molecular flexibility index (Phi) is 4.57. The van der Waals surface area contributed by atoms with Crippen LogP contribution in [0.25, 0.3) is 0 Å². The molecule has 0 aromatic heterocycles. The van der Waals surface area contributed by atoms with Gasteiger partial charge in [0.15, 0.2) is 9.84 Å². The lowest BCUT2D eigenvalue weighted by Gasteiger charge is -2.33. The maximum atomic E-state index is 12.7. The zero-order chi connectivity index (χ0) is 15.8. The van der Waals surface area contributed by atoms with E-state index < -0.39 is 25.2 Å². The monoisotopic (exact) mass is 350 g/mol. The third kappa shape index (κ3) is 3.36. The number of rotatable bonds is 3. The van der Waals surface area contributed by atoms with Crippen LogP contribution in [0.15, 0.2) is 23.1 Å². The Balaban J connectivity index is 2.51. The molecule has 0 aliphatic carbocycles. The average molecular weight is 350 g/mol. The highest BCUT2D eigenvalue weighted by atomic mass is 32.2. The topological polar surface area (TPSA) is 97.5 Å². The van der Waals surface area contributed by atoms with Gasteiger partial charge < -0.3 is 5.73 Å². The summed E-state index contributed by atoms with van der Waals surface area (Å²) in [6.45, 7) is 1.97. The molecule has 9 heteroatoms. The molecule has 21 heavy (non-hydrogen) atoms. The van der Waals surface area contributed by atoms with E-state index in [4.69, 9.17) is 5.73 Å². The molecule has 1 fully saturated rings. The van der Waals surface area contributed by atoms with Gasteiger partial charge in [-0.3, -0.25) is 0 Å². The maximum absolute atomic E-state index is 12.7. The SMILES string of the molecule is Cc1ccc(S(=O)(=O)N2CCSCC2S(C)(=O)=O)c(N)c1. The number of nitrogen functional groups attached to an aromatic ring is 1. The normalized spacial score (nSPS) is 21.3. The second kappa shape index (κ2) is 5.79. The number of thioether (sulfide) groups is 1. The van der Waals surface area contributed by atoms with Gasteiger partial charge >= 0.3 is 0 Å². The van der Waals surface area contributed by atoms with Crippen molar-refractivity contribution in [3.63, 3.8) is 0 Å². The second-order valence-corrected chi connectivity index (χ2v) is 10.2. The minimum absolute atomic E-state index is 0.0337. The fourth-order valence-corrected chi connectivity index (χ4v) is 7.48. The number of nitrogens with two attached hydrogens (primary N) is 1. The first-order valence-electron chi connectivity index (χ1n) is 6.28. The lowest BCUT2D eigenvalue weighted by Crippen LogP contribution is -2.49. The minimum Gasteiger partial charge on any atom is -0.398 e. The van der Waals surface area contributed by atoms with Crippen molar-refractivity contribution in [2.75, 3.05) is 30.0 Å². The van der Waals surface area contributed by atoms with Crippen LogP contribution in [0.5, 0.6) is 0 Å². The van der Waals surface area contributed by atoms with Crippen molar-refractivity contribution in [3.8, 4) is 0 Å². The van der Waals surface area contributed by atoms with Gasteiger partial charge in [0, 0.05) is 24.3 Å². The fourth-order valence-electron chi connectivity index (χ4n) is 2.21. The molecule has 0 spiro atoms. The molecule has 1 atom stereocenters. The number of sulfonamides is 1. The van der Waals surface area contributed by atoms with E-state index in [-0.39, 0.29) is 22.9 Å². The van der Waals surface area contributed by atoms with E-state index in [2.05, 4.69) is 0 Å². The minimum atomic E-state index is -3.93. The third-order valence-electron chi connectivity index (χ3n) is 3.28. The summed E-state index contributed by atoms with van der Waals surface area (Å²) in [5, 5.41) is -1.04. The van der Waals surface area contributed by atoms with E-state index >= 15 is 0 Å². The highest BCUT2D eigenvalue weighted by Gasteiger charge is 2.40. The van der Waals surface area contributed by atoms with E-state index in [1.807, 2.05) is 6.92 Å². The molecular formula is C12H18N2O4S3. The zero-order valence-corrected chi connectivity index (χ0v) is 14.3. The van der Waals surface area contributed by atoms with Gasteiger partial charge in [-0.2, -0.15) is 16.1 Å². The lowest BCUT2D eigenvalue weighted by molar-refractivity contribution is 0.405. The Morgan fingerprint density at radius 1 is 1.29 bits per heavy atom. The van der Waals surface area contributed by atoms with Crippen molar-refractivity contribution in [1.82, 2.24) is 4.31 Å². The van der Waals surface area contributed by atoms with Gasteiger partial charge in [0.05, 0.1) is 5.69 Å². The molecule has 6 nitrogen and oxygen atoms in total. The van der Waals surface area contributed by atoms with Crippen molar-refractivity contribution in [1.29, 1.82) is 0 Å². The predicted octanol–water partition coefficient (Wildman–Crippen LogP) is 0.685. The quantitative estimate of drug-likeness (QED) is 0.805. The maximum Gasteiger partial charge on any atom is 0.246 e. The van der Waals surface area contributed by atoms with Crippen molar-refractivity contribution < 1.29 is 16.8 Å². The van der Waals surface area contributed by atoms with Gasteiger partial charge in [-0.05, 0) is 24.6 Å². The van der Waals surface area contributed by atoms with Gasteiger partial charge in [0.1, 0.15) is 10.3 Å². The van der Waals surface area contributed by atoms with Crippen LogP contribution < -0.4 is 5.73 Å². The number of hydrogen-bond acceptors (Lipinski definition) is 6. The van der Waals surface area contributed by atoms with Crippen molar-refractivity contribution >= 4 is 37.3 Å². The smallest absolute Gasteiger partial charge is 0.246 e. The summed E-state index contributed by atoms with van der Waals surface area (Å²) < 4.78 is 50.3. The third-order valence-corrected chi connectivity index (χ3v) is 8.04. The molecule has 1 aromatic rings. The van der Waals surface area contributed by atoms with E-state index in [0.717, 1.165) is 16.1 Å².